The molecule has 3 N–H and O–H groups in total. The van der Waals surface area contributed by atoms with E-state index in [4.69, 9.17) is 0 Å². The molecular formula is C16H17N3O3S. The van der Waals surface area contributed by atoms with Crippen molar-refractivity contribution in [1.82, 2.24) is 10.9 Å². The molecule has 0 spiro atoms. The highest BCUT2D eigenvalue weighted by Gasteiger charge is 2.15. The number of thiophene rings is 1. The second-order valence-electron chi connectivity index (χ2n) is 4.83. The molecule has 23 heavy (non-hydrogen) atoms. The molecule has 1 aromatic carbocycles. The average molecular weight is 331 g/mol. The topological polar surface area (TPSA) is 87.3 Å². The van der Waals surface area contributed by atoms with Gasteiger partial charge in [-0.05, 0) is 23.4 Å². The summed E-state index contributed by atoms with van der Waals surface area (Å²) in [6, 6.07) is 11.3. The van der Waals surface area contributed by atoms with Crippen LogP contribution in [0.4, 0.5) is 5.00 Å². The Kier molecular flexibility index (Phi) is 5.87. The molecule has 0 aliphatic heterocycles. The molecule has 3 amide bonds. The molecule has 1 aromatic heterocycles. The molecule has 0 atom stereocenters. The number of amides is 3. The summed E-state index contributed by atoms with van der Waals surface area (Å²) in [7, 11) is 0. The highest BCUT2D eigenvalue weighted by atomic mass is 32.1. The first-order chi connectivity index (χ1) is 11.1. The maximum atomic E-state index is 12.0. The molecule has 2 rings (SSSR count). The summed E-state index contributed by atoms with van der Waals surface area (Å²) in [4.78, 5) is 34.7. The van der Waals surface area contributed by atoms with E-state index in [1.54, 1.807) is 11.4 Å². The number of carbonyl (C=O) groups is 3. The number of anilines is 1. The maximum absolute atomic E-state index is 12.0. The second-order valence-corrected chi connectivity index (χ2v) is 5.75. The lowest BCUT2D eigenvalue weighted by Gasteiger charge is -2.07. The van der Waals surface area contributed by atoms with Gasteiger partial charge in [0.2, 0.25) is 11.8 Å². The summed E-state index contributed by atoms with van der Waals surface area (Å²) < 4.78 is 0. The molecule has 0 bridgehead atoms. The predicted molar refractivity (Wildman–Crippen MR) is 89.0 cm³/mol. The van der Waals surface area contributed by atoms with E-state index in [0.29, 0.717) is 23.4 Å². The van der Waals surface area contributed by atoms with Gasteiger partial charge in [0.05, 0.1) is 5.56 Å². The largest absolute Gasteiger partial charge is 0.317 e. The monoisotopic (exact) mass is 331 g/mol. The molecule has 0 saturated heterocycles. The van der Waals surface area contributed by atoms with E-state index in [0.717, 1.165) is 5.56 Å². The van der Waals surface area contributed by atoms with Gasteiger partial charge in [-0.15, -0.1) is 11.3 Å². The first-order valence-electron chi connectivity index (χ1n) is 7.04. The van der Waals surface area contributed by atoms with Crippen LogP contribution >= 0.6 is 11.3 Å². The zero-order valence-electron chi connectivity index (χ0n) is 12.6. The lowest BCUT2D eigenvalue weighted by atomic mass is 10.1. The van der Waals surface area contributed by atoms with E-state index in [9.17, 15) is 14.4 Å². The van der Waals surface area contributed by atoms with Crippen molar-refractivity contribution in [2.75, 3.05) is 5.32 Å². The molecule has 6 nitrogen and oxygen atoms in total. The van der Waals surface area contributed by atoms with Crippen LogP contribution < -0.4 is 16.2 Å². The Hall–Kier alpha value is -2.67. The van der Waals surface area contributed by atoms with Crippen LogP contribution in [0.15, 0.2) is 41.8 Å². The van der Waals surface area contributed by atoms with Crippen molar-refractivity contribution in [3.63, 3.8) is 0 Å². The van der Waals surface area contributed by atoms with Crippen LogP contribution in [0.3, 0.4) is 0 Å². The van der Waals surface area contributed by atoms with E-state index in [1.165, 1.54) is 18.3 Å². The Labute approximate surface area is 137 Å². The number of hydrogen-bond donors (Lipinski definition) is 3. The Morgan fingerprint density at radius 1 is 1.04 bits per heavy atom. The fourth-order valence-electron chi connectivity index (χ4n) is 1.89. The Morgan fingerprint density at radius 3 is 2.48 bits per heavy atom. The zero-order chi connectivity index (χ0) is 16.7. The van der Waals surface area contributed by atoms with Crippen molar-refractivity contribution in [2.45, 2.75) is 19.8 Å². The van der Waals surface area contributed by atoms with Crippen LogP contribution in [0.1, 0.15) is 29.3 Å². The molecule has 1 heterocycles. The number of rotatable bonds is 5. The molecule has 2 aromatic rings. The highest BCUT2D eigenvalue weighted by molar-refractivity contribution is 7.14. The zero-order valence-corrected chi connectivity index (χ0v) is 13.4. The van der Waals surface area contributed by atoms with E-state index >= 15 is 0 Å². The molecular weight excluding hydrogens is 314 g/mol. The van der Waals surface area contributed by atoms with Crippen molar-refractivity contribution < 1.29 is 14.4 Å². The lowest BCUT2D eigenvalue weighted by Crippen LogP contribution is -2.40. The van der Waals surface area contributed by atoms with Crippen LogP contribution in [-0.4, -0.2) is 17.7 Å². The quantitative estimate of drug-likeness (QED) is 0.733. The van der Waals surface area contributed by atoms with Crippen molar-refractivity contribution in [1.29, 1.82) is 0 Å². The van der Waals surface area contributed by atoms with Crippen LogP contribution in [-0.2, 0) is 16.0 Å². The molecule has 120 valence electrons. The number of benzene rings is 1. The summed E-state index contributed by atoms with van der Waals surface area (Å²) in [5.74, 6) is -1.01. The third-order valence-corrected chi connectivity index (χ3v) is 3.83. The molecule has 0 aliphatic rings. The molecule has 0 saturated carbocycles. The van der Waals surface area contributed by atoms with Gasteiger partial charge in [0.1, 0.15) is 5.00 Å². The smallest absolute Gasteiger partial charge is 0.272 e. The number of nitrogens with one attached hydrogen (secondary N) is 3. The van der Waals surface area contributed by atoms with Crippen molar-refractivity contribution in [2.24, 2.45) is 0 Å². The van der Waals surface area contributed by atoms with Gasteiger partial charge in [0.25, 0.3) is 5.91 Å². The van der Waals surface area contributed by atoms with Gasteiger partial charge in [-0.1, -0.05) is 30.3 Å². The first-order valence-corrected chi connectivity index (χ1v) is 7.92. The number of carbonyl (C=O) groups excluding carboxylic acids is 3. The van der Waals surface area contributed by atoms with Gasteiger partial charge >= 0.3 is 0 Å². The van der Waals surface area contributed by atoms with E-state index in [1.807, 2.05) is 30.3 Å². The molecule has 0 fully saturated rings. The number of aryl methyl sites for hydroxylation is 1. The van der Waals surface area contributed by atoms with Crippen LogP contribution in [0.5, 0.6) is 0 Å². The normalized spacial score (nSPS) is 9.96. The third kappa shape index (κ3) is 5.23. The fourth-order valence-corrected chi connectivity index (χ4v) is 2.69. The molecule has 7 heteroatoms. The Balaban J connectivity index is 1.90. The maximum Gasteiger partial charge on any atom is 0.272 e. The van der Waals surface area contributed by atoms with Crippen molar-refractivity contribution >= 4 is 34.1 Å². The predicted octanol–water partition coefficient (Wildman–Crippen LogP) is 2.10. The van der Waals surface area contributed by atoms with Crippen LogP contribution in [0.25, 0.3) is 0 Å². The van der Waals surface area contributed by atoms with Gasteiger partial charge in [-0.3, -0.25) is 25.2 Å². The van der Waals surface area contributed by atoms with E-state index < -0.39 is 5.91 Å². The van der Waals surface area contributed by atoms with Gasteiger partial charge in [0.15, 0.2) is 0 Å². The summed E-state index contributed by atoms with van der Waals surface area (Å²) in [6.45, 7) is 1.29. The van der Waals surface area contributed by atoms with Gasteiger partial charge in [0, 0.05) is 13.3 Å². The minimum atomic E-state index is -0.472. The number of hydrogen-bond acceptors (Lipinski definition) is 4. The summed E-state index contributed by atoms with van der Waals surface area (Å²) >= 11 is 1.26. The van der Waals surface area contributed by atoms with Gasteiger partial charge in [-0.2, -0.15) is 0 Å². The standard InChI is InChI=1S/C16H17N3O3S/c1-11(20)18-19-15(22)13-9-10-23-16(13)17-14(21)8-7-12-5-3-2-4-6-12/h2-6,9-10H,7-8H2,1H3,(H,17,21)(H,18,20)(H,19,22). The highest BCUT2D eigenvalue weighted by Crippen LogP contribution is 2.23. The third-order valence-electron chi connectivity index (χ3n) is 3.00. The average Bonchev–Trinajstić information content (AvgIpc) is 2.99. The Bertz CT molecular complexity index is 698. The Morgan fingerprint density at radius 2 is 1.78 bits per heavy atom. The van der Waals surface area contributed by atoms with Gasteiger partial charge < -0.3 is 5.32 Å². The van der Waals surface area contributed by atoms with Crippen LogP contribution in [0, 0.1) is 0 Å². The lowest BCUT2D eigenvalue weighted by molar-refractivity contribution is -0.119. The van der Waals surface area contributed by atoms with E-state index in [-0.39, 0.29) is 11.8 Å². The first kappa shape index (κ1) is 16.7. The van der Waals surface area contributed by atoms with Crippen molar-refractivity contribution in [3.8, 4) is 0 Å². The fraction of sp³-hybridized carbons (Fsp3) is 0.188. The summed E-state index contributed by atoms with van der Waals surface area (Å²) in [5.41, 5.74) is 5.88. The summed E-state index contributed by atoms with van der Waals surface area (Å²) in [5, 5.41) is 4.90. The SMILES string of the molecule is CC(=O)NNC(=O)c1ccsc1NC(=O)CCc1ccccc1. The molecule has 0 radical (unpaired) electrons. The van der Waals surface area contributed by atoms with Crippen LogP contribution in [0.2, 0.25) is 0 Å². The van der Waals surface area contributed by atoms with Crippen molar-refractivity contribution in [3.05, 3.63) is 52.9 Å². The van der Waals surface area contributed by atoms with Gasteiger partial charge in [-0.25, -0.2) is 0 Å². The molecule has 0 aliphatic carbocycles. The minimum Gasteiger partial charge on any atom is -0.317 e. The minimum absolute atomic E-state index is 0.162. The number of hydrazine groups is 1. The summed E-state index contributed by atoms with van der Waals surface area (Å²) in [6.07, 6.45) is 0.958. The second kappa shape index (κ2) is 8.09. The van der Waals surface area contributed by atoms with E-state index in [2.05, 4.69) is 16.2 Å². The molecule has 0 unspecified atom stereocenters.